The molecule has 1 aliphatic rings. The van der Waals surface area contributed by atoms with E-state index in [0.29, 0.717) is 31.6 Å². The molecule has 2 heterocycles. The van der Waals surface area contributed by atoms with E-state index in [-0.39, 0.29) is 24.2 Å². The van der Waals surface area contributed by atoms with E-state index in [2.05, 4.69) is 4.57 Å². The van der Waals surface area contributed by atoms with E-state index >= 15 is 0 Å². The van der Waals surface area contributed by atoms with Gasteiger partial charge in [-0.05, 0) is 31.0 Å². The number of rotatable bonds is 8. The summed E-state index contributed by atoms with van der Waals surface area (Å²) in [7, 11) is 0. The van der Waals surface area contributed by atoms with Gasteiger partial charge in [-0.1, -0.05) is 38.5 Å². The average molecular weight is 400 g/mol. The van der Waals surface area contributed by atoms with Gasteiger partial charge in [-0.15, -0.1) is 0 Å². The number of halogens is 1. The van der Waals surface area contributed by atoms with Crippen molar-refractivity contribution in [3.8, 4) is 0 Å². The van der Waals surface area contributed by atoms with Gasteiger partial charge in [-0.3, -0.25) is 9.59 Å². The molecular weight excluding hydrogens is 369 g/mol. The molecule has 0 saturated carbocycles. The average Bonchev–Trinajstić information content (AvgIpc) is 3.20. The van der Waals surface area contributed by atoms with Crippen molar-refractivity contribution in [3.63, 3.8) is 0 Å². The molecule has 156 valence electrons. The Labute approximate surface area is 172 Å². The molecule has 0 saturated heterocycles. The molecule has 1 aromatic carbocycles. The fourth-order valence-corrected chi connectivity index (χ4v) is 3.98. The van der Waals surface area contributed by atoms with Crippen LogP contribution in [0.2, 0.25) is 0 Å². The van der Waals surface area contributed by atoms with E-state index < -0.39 is 6.04 Å². The molecule has 0 spiro atoms. The Morgan fingerprint density at radius 3 is 2.62 bits per heavy atom. The zero-order valence-corrected chi connectivity index (χ0v) is 17.3. The van der Waals surface area contributed by atoms with Crippen LogP contribution in [0.15, 0.2) is 42.6 Å². The molecule has 3 rings (SSSR count). The number of benzene rings is 1. The van der Waals surface area contributed by atoms with Crippen molar-refractivity contribution in [3.05, 3.63) is 59.7 Å². The van der Waals surface area contributed by atoms with Crippen molar-refractivity contribution < 1.29 is 14.0 Å². The number of nitrogens with zero attached hydrogens (tertiary/aromatic N) is 3. The normalized spacial score (nSPS) is 15.8. The Hall–Kier alpha value is -2.63. The minimum absolute atomic E-state index is 0.0184. The van der Waals surface area contributed by atoms with Crippen LogP contribution in [0.3, 0.4) is 0 Å². The van der Waals surface area contributed by atoms with E-state index in [4.69, 9.17) is 0 Å². The van der Waals surface area contributed by atoms with Gasteiger partial charge in [0.2, 0.25) is 11.8 Å². The maximum atomic E-state index is 14.7. The van der Waals surface area contributed by atoms with E-state index in [1.54, 1.807) is 28.0 Å². The third-order valence-electron chi connectivity index (χ3n) is 5.47. The maximum Gasteiger partial charge on any atom is 0.243 e. The lowest BCUT2D eigenvalue weighted by Gasteiger charge is -2.38. The van der Waals surface area contributed by atoms with E-state index in [9.17, 15) is 14.0 Å². The van der Waals surface area contributed by atoms with Crippen molar-refractivity contribution in [2.24, 2.45) is 0 Å². The summed E-state index contributed by atoms with van der Waals surface area (Å²) in [5, 5.41) is 0. The number of carbonyl (C=O) groups is 2. The zero-order chi connectivity index (χ0) is 20.8. The minimum atomic E-state index is -0.485. The highest BCUT2D eigenvalue weighted by Gasteiger charge is 2.34. The van der Waals surface area contributed by atoms with Crippen molar-refractivity contribution in [2.45, 2.75) is 52.1 Å². The van der Waals surface area contributed by atoms with Crippen molar-refractivity contribution in [2.75, 3.05) is 19.6 Å². The van der Waals surface area contributed by atoms with Crippen molar-refractivity contribution in [1.82, 2.24) is 14.4 Å². The lowest BCUT2D eigenvalue weighted by atomic mass is 9.99. The Morgan fingerprint density at radius 1 is 1.10 bits per heavy atom. The summed E-state index contributed by atoms with van der Waals surface area (Å²) in [6.07, 6.45) is 4.98. The molecule has 1 aliphatic heterocycles. The lowest BCUT2D eigenvalue weighted by molar-refractivity contribution is -0.142. The van der Waals surface area contributed by atoms with Gasteiger partial charge in [-0.25, -0.2) is 4.39 Å². The topological polar surface area (TPSA) is 45.6 Å². The summed E-state index contributed by atoms with van der Waals surface area (Å²) >= 11 is 0. The molecular formula is C23H30FN3O2. The molecule has 0 N–H and O–H groups in total. The number of hydrogen-bond acceptors (Lipinski definition) is 2. The van der Waals surface area contributed by atoms with Gasteiger partial charge in [0, 0.05) is 43.5 Å². The Kier molecular flexibility index (Phi) is 7.07. The van der Waals surface area contributed by atoms with Crippen LogP contribution >= 0.6 is 0 Å². The fourth-order valence-electron chi connectivity index (χ4n) is 3.98. The van der Waals surface area contributed by atoms with Crippen molar-refractivity contribution >= 4 is 11.8 Å². The number of carbonyl (C=O) groups excluding carboxylic acids is 2. The lowest BCUT2D eigenvalue weighted by Crippen LogP contribution is -2.48. The number of aromatic nitrogens is 1. The van der Waals surface area contributed by atoms with Crippen LogP contribution in [0.5, 0.6) is 0 Å². The van der Waals surface area contributed by atoms with Crippen LogP contribution in [0, 0.1) is 5.82 Å². The molecule has 0 bridgehead atoms. The second-order valence-corrected chi connectivity index (χ2v) is 7.56. The Balaban J connectivity index is 1.86. The summed E-state index contributed by atoms with van der Waals surface area (Å²) in [5.74, 6) is -0.441. The Bertz CT molecular complexity index is 848. The predicted octanol–water partition coefficient (Wildman–Crippen LogP) is 3.99. The third-order valence-corrected chi connectivity index (χ3v) is 5.47. The van der Waals surface area contributed by atoms with Crippen LogP contribution in [-0.4, -0.2) is 45.8 Å². The number of unbranched alkanes of at least 4 members (excludes halogenated alkanes) is 1. The van der Waals surface area contributed by atoms with E-state index in [1.165, 1.54) is 6.07 Å². The predicted molar refractivity (Wildman–Crippen MR) is 111 cm³/mol. The molecule has 2 aromatic rings. The molecule has 1 unspecified atom stereocenters. The van der Waals surface area contributed by atoms with Crippen LogP contribution in [0.25, 0.3) is 0 Å². The maximum absolute atomic E-state index is 14.7. The van der Waals surface area contributed by atoms with Gasteiger partial charge in [0.05, 0.1) is 6.54 Å². The molecule has 0 fully saturated rings. The summed E-state index contributed by atoms with van der Waals surface area (Å²) in [5.41, 5.74) is 1.38. The second-order valence-electron chi connectivity index (χ2n) is 7.56. The van der Waals surface area contributed by atoms with Gasteiger partial charge >= 0.3 is 0 Å². The summed E-state index contributed by atoms with van der Waals surface area (Å²) < 4.78 is 16.7. The summed E-state index contributed by atoms with van der Waals surface area (Å²) in [6.45, 7) is 5.80. The molecule has 5 nitrogen and oxygen atoms in total. The zero-order valence-electron chi connectivity index (χ0n) is 17.3. The van der Waals surface area contributed by atoms with Crippen LogP contribution in [0.1, 0.15) is 56.8 Å². The molecule has 1 aromatic heterocycles. The van der Waals surface area contributed by atoms with E-state index in [1.807, 2.05) is 32.2 Å². The van der Waals surface area contributed by atoms with Gasteiger partial charge in [-0.2, -0.15) is 0 Å². The Morgan fingerprint density at radius 2 is 1.90 bits per heavy atom. The largest absolute Gasteiger partial charge is 0.348 e. The smallest absolute Gasteiger partial charge is 0.243 e. The number of amides is 2. The van der Waals surface area contributed by atoms with Gasteiger partial charge in [0.1, 0.15) is 11.9 Å². The minimum Gasteiger partial charge on any atom is -0.348 e. The molecule has 1 atom stereocenters. The van der Waals surface area contributed by atoms with Crippen LogP contribution in [0.4, 0.5) is 4.39 Å². The molecule has 0 radical (unpaired) electrons. The monoisotopic (exact) mass is 399 g/mol. The SMILES string of the molecule is CCCCC(=O)N(CCC)CC(=O)N1CCn2cccc2C1c1ccccc1F. The summed E-state index contributed by atoms with van der Waals surface area (Å²) in [4.78, 5) is 29.2. The first-order valence-corrected chi connectivity index (χ1v) is 10.5. The highest BCUT2D eigenvalue weighted by molar-refractivity contribution is 5.85. The number of fused-ring (bicyclic) bond motifs is 1. The molecule has 6 heteroatoms. The first kappa shape index (κ1) is 21.1. The highest BCUT2D eigenvalue weighted by atomic mass is 19.1. The van der Waals surface area contributed by atoms with Gasteiger partial charge < -0.3 is 14.4 Å². The van der Waals surface area contributed by atoms with Crippen molar-refractivity contribution in [1.29, 1.82) is 0 Å². The second kappa shape index (κ2) is 9.72. The molecule has 0 aliphatic carbocycles. The van der Waals surface area contributed by atoms with Gasteiger partial charge in [0.15, 0.2) is 0 Å². The molecule has 29 heavy (non-hydrogen) atoms. The first-order chi connectivity index (χ1) is 14.1. The van der Waals surface area contributed by atoms with Crippen LogP contribution < -0.4 is 0 Å². The third kappa shape index (κ3) is 4.69. The van der Waals surface area contributed by atoms with E-state index in [0.717, 1.165) is 25.0 Å². The quantitative estimate of drug-likeness (QED) is 0.674. The number of hydrogen-bond donors (Lipinski definition) is 0. The fraction of sp³-hybridized carbons (Fsp3) is 0.478. The molecule has 2 amide bonds. The first-order valence-electron chi connectivity index (χ1n) is 10.5. The standard InChI is InChI=1S/C23H30FN3O2/c1-3-5-12-21(28)26(13-4-2)17-22(29)27-16-15-25-14-8-11-20(25)23(27)18-9-6-7-10-19(18)24/h6-11,14,23H,3-5,12-13,15-17H2,1-2H3. The highest BCUT2D eigenvalue weighted by Crippen LogP contribution is 2.33. The van der Waals surface area contributed by atoms with Crippen LogP contribution in [-0.2, 0) is 16.1 Å². The van der Waals surface area contributed by atoms with Gasteiger partial charge in [0.25, 0.3) is 0 Å². The summed E-state index contributed by atoms with van der Waals surface area (Å²) in [6, 6.07) is 9.99.